The molecule has 0 unspecified atom stereocenters. The molecule has 1 rings (SSSR count). The van der Waals surface area contributed by atoms with Crippen LogP contribution in [0.5, 0.6) is 5.75 Å². The number of benzene rings is 1. The van der Waals surface area contributed by atoms with Gasteiger partial charge in [0.2, 0.25) is 0 Å². The first kappa shape index (κ1) is 21.2. The van der Waals surface area contributed by atoms with Gasteiger partial charge in [-0.05, 0) is 44.4 Å². The minimum Gasteiger partial charge on any atom is -0.493 e. The Hall–Kier alpha value is -0.800. The predicted octanol–water partition coefficient (Wildman–Crippen LogP) is 2.33. The van der Waals surface area contributed by atoms with Gasteiger partial charge in [-0.3, -0.25) is 9.11 Å². The lowest BCUT2D eigenvalue weighted by atomic mass is 10.1. The maximum atomic E-state index is 8.74. The molecule has 0 amide bonds. The molecule has 22 heavy (non-hydrogen) atoms. The van der Waals surface area contributed by atoms with E-state index < -0.39 is 10.4 Å². The second-order valence-corrected chi connectivity index (χ2v) is 6.04. The van der Waals surface area contributed by atoms with Crippen LogP contribution in [0, 0.1) is 13.8 Å². The van der Waals surface area contributed by atoms with Crippen LogP contribution in [0.15, 0.2) is 18.2 Å². The molecule has 3 N–H and O–H groups in total. The van der Waals surface area contributed by atoms with Crippen molar-refractivity contribution in [2.45, 2.75) is 26.7 Å². The quantitative estimate of drug-likeness (QED) is 0.326. The van der Waals surface area contributed by atoms with Gasteiger partial charge in [0.05, 0.1) is 6.61 Å². The van der Waals surface area contributed by atoms with Crippen LogP contribution in [0.2, 0.25) is 0 Å². The Kier molecular flexibility index (Phi) is 11.3. The summed E-state index contributed by atoms with van der Waals surface area (Å²) >= 11 is 4.15. The molecule has 8 heteroatoms. The normalized spacial score (nSPS) is 10.8. The first-order valence-corrected chi connectivity index (χ1v) is 8.99. The number of para-hydroxylation sites is 1. The molecule has 1 aromatic rings. The van der Waals surface area contributed by atoms with Crippen LogP contribution in [0.4, 0.5) is 0 Å². The Balaban J connectivity index is 0.000000763. The Morgan fingerprint density at radius 3 is 2.18 bits per heavy atom. The number of unbranched alkanes of at least 4 members (excludes halogenated alkanes) is 1. The van der Waals surface area contributed by atoms with Gasteiger partial charge in [0.1, 0.15) is 5.75 Å². The van der Waals surface area contributed by atoms with Gasteiger partial charge in [0.25, 0.3) is 0 Å². The summed E-state index contributed by atoms with van der Waals surface area (Å²) in [6, 6.07) is 6.26. The second kappa shape index (κ2) is 11.7. The van der Waals surface area contributed by atoms with Gasteiger partial charge < -0.3 is 10.1 Å². The second-order valence-electron chi connectivity index (χ2n) is 4.70. The topological polar surface area (TPSA) is 95.9 Å². The largest absolute Gasteiger partial charge is 0.493 e. The fourth-order valence-electron chi connectivity index (χ4n) is 1.76. The van der Waals surface area contributed by atoms with Crippen LogP contribution in [0.1, 0.15) is 24.0 Å². The van der Waals surface area contributed by atoms with Crippen LogP contribution in [-0.4, -0.2) is 43.0 Å². The minimum absolute atomic E-state index is 0.800. The van der Waals surface area contributed by atoms with E-state index in [9.17, 15) is 0 Å². The summed E-state index contributed by atoms with van der Waals surface area (Å²) < 4.78 is 37.4. The van der Waals surface area contributed by atoms with E-state index in [1.165, 1.54) is 11.1 Å². The molecule has 0 fully saturated rings. The molecule has 0 aliphatic heterocycles. The maximum absolute atomic E-state index is 8.74. The van der Waals surface area contributed by atoms with E-state index >= 15 is 0 Å². The molecule has 0 saturated heterocycles. The number of hydrogen-bond acceptors (Lipinski definition) is 5. The highest BCUT2D eigenvalue weighted by Crippen LogP contribution is 2.22. The summed E-state index contributed by atoms with van der Waals surface area (Å²) in [6.45, 7) is 7.03. The lowest BCUT2D eigenvalue weighted by Crippen LogP contribution is -2.18. The van der Waals surface area contributed by atoms with E-state index in [0.717, 1.165) is 44.0 Å². The van der Waals surface area contributed by atoms with Crippen LogP contribution in [0.25, 0.3) is 0 Å². The summed E-state index contributed by atoms with van der Waals surface area (Å²) in [5.41, 5.74) is 2.44. The van der Waals surface area contributed by atoms with Gasteiger partial charge in [0.15, 0.2) is 0 Å². The van der Waals surface area contributed by atoms with Crippen molar-refractivity contribution < 1.29 is 22.3 Å². The van der Waals surface area contributed by atoms with Crippen LogP contribution >= 0.6 is 12.6 Å². The first-order valence-electron chi connectivity index (χ1n) is 6.96. The molecule has 0 spiro atoms. The van der Waals surface area contributed by atoms with E-state index in [1.807, 2.05) is 0 Å². The van der Waals surface area contributed by atoms with E-state index in [1.54, 1.807) is 0 Å². The number of hydrogen-bond donors (Lipinski definition) is 4. The Bertz CT molecular complexity index is 492. The highest BCUT2D eigenvalue weighted by Gasteiger charge is 2.02. The summed E-state index contributed by atoms with van der Waals surface area (Å²) in [5.74, 6) is 1.95. The predicted molar refractivity (Wildman–Crippen MR) is 91.5 cm³/mol. The molecule has 1 aromatic carbocycles. The van der Waals surface area contributed by atoms with Crippen molar-refractivity contribution in [3.8, 4) is 5.75 Å². The van der Waals surface area contributed by atoms with E-state index in [4.69, 9.17) is 22.3 Å². The van der Waals surface area contributed by atoms with Crippen molar-refractivity contribution in [2.75, 3.05) is 25.4 Å². The van der Waals surface area contributed by atoms with Gasteiger partial charge in [-0.2, -0.15) is 21.0 Å². The molecule has 0 bridgehead atoms. The Morgan fingerprint density at radius 2 is 1.68 bits per heavy atom. The van der Waals surface area contributed by atoms with E-state index in [0.29, 0.717) is 0 Å². The lowest BCUT2D eigenvalue weighted by molar-refractivity contribution is 0.302. The molecule has 0 aliphatic carbocycles. The zero-order chi connectivity index (χ0) is 17.0. The third-order valence-corrected chi connectivity index (χ3v) is 2.92. The fraction of sp³-hybridized carbons (Fsp3) is 0.571. The molecule has 0 aliphatic rings. The average molecular weight is 351 g/mol. The first-order chi connectivity index (χ1) is 10.3. The van der Waals surface area contributed by atoms with Gasteiger partial charge in [-0.15, -0.1) is 0 Å². The molecule has 0 aromatic heterocycles. The monoisotopic (exact) mass is 351 g/mol. The van der Waals surface area contributed by atoms with Gasteiger partial charge in [0, 0.05) is 12.3 Å². The van der Waals surface area contributed by atoms with Crippen molar-refractivity contribution in [1.82, 2.24) is 5.32 Å². The lowest BCUT2D eigenvalue weighted by Gasteiger charge is -2.11. The zero-order valence-corrected chi connectivity index (χ0v) is 14.7. The van der Waals surface area contributed by atoms with E-state index in [2.05, 4.69) is 50.0 Å². The molecular formula is C14H25NO5S2. The van der Waals surface area contributed by atoms with Gasteiger partial charge in [-0.1, -0.05) is 18.2 Å². The number of nitrogens with one attached hydrogen (secondary N) is 1. The van der Waals surface area contributed by atoms with Crippen molar-refractivity contribution >= 4 is 23.0 Å². The third kappa shape index (κ3) is 12.9. The summed E-state index contributed by atoms with van der Waals surface area (Å²) in [5, 5.41) is 3.32. The maximum Gasteiger partial charge on any atom is 0.394 e. The van der Waals surface area contributed by atoms with Gasteiger partial charge in [-0.25, -0.2) is 0 Å². The van der Waals surface area contributed by atoms with Crippen molar-refractivity contribution in [1.29, 1.82) is 0 Å². The van der Waals surface area contributed by atoms with Crippen LogP contribution in [-0.2, 0) is 10.4 Å². The highest BCUT2D eigenvalue weighted by atomic mass is 32.3. The van der Waals surface area contributed by atoms with Gasteiger partial charge >= 0.3 is 10.4 Å². The van der Waals surface area contributed by atoms with Crippen molar-refractivity contribution in [2.24, 2.45) is 0 Å². The number of aryl methyl sites for hydroxylation is 2. The van der Waals surface area contributed by atoms with Crippen molar-refractivity contribution in [3.63, 3.8) is 0 Å². The Labute approximate surface area is 138 Å². The molecule has 0 heterocycles. The fourth-order valence-corrected chi connectivity index (χ4v) is 1.92. The molecule has 0 radical (unpaired) electrons. The zero-order valence-electron chi connectivity index (χ0n) is 12.9. The summed E-state index contributed by atoms with van der Waals surface area (Å²) in [7, 11) is -4.67. The molecule has 128 valence electrons. The van der Waals surface area contributed by atoms with Crippen LogP contribution < -0.4 is 10.1 Å². The minimum atomic E-state index is -4.67. The smallest absolute Gasteiger partial charge is 0.394 e. The highest BCUT2D eigenvalue weighted by molar-refractivity contribution is 7.80. The summed E-state index contributed by atoms with van der Waals surface area (Å²) in [6.07, 6.45) is 2.24. The SMILES string of the molecule is Cc1cccc(C)c1OCCCCNCCS.O=S(=O)(O)O. The Morgan fingerprint density at radius 1 is 1.14 bits per heavy atom. The third-order valence-electron chi connectivity index (χ3n) is 2.69. The number of thiol groups is 1. The number of rotatable bonds is 8. The molecule has 6 nitrogen and oxygen atoms in total. The number of ether oxygens (including phenoxy) is 1. The van der Waals surface area contributed by atoms with Crippen LogP contribution in [0.3, 0.4) is 0 Å². The average Bonchev–Trinajstić information content (AvgIpc) is 2.39. The standard InChI is InChI=1S/C14H23NOS.H2O4S/c1-12-6-5-7-13(2)14(12)16-10-4-3-8-15-9-11-17;1-5(2,3)4/h5-7,15,17H,3-4,8-11H2,1-2H3;(H2,1,2,3,4). The molecular weight excluding hydrogens is 326 g/mol. The molecule has 0 saturated carbocycles. The summed E-state index contributed by atoms with van der Waals surface area (Å²) in [4.78, 5) is 0. The van der Waals surface area contributed by atoms with E-state index in [-0.39, 0.29) is 0 Å². The van der Waals surface area contributed by atoms with Crippen molar-refractivity contribution in [3.05, 3.63) is 29.3 Å². The molecule has 0 atom stereocenters.